The topological polar surface area (TPSA) is 83.6 Å². The summed E-state index contributed by atoms with van der Waals surface area (Å²) in [6, 6.07) is 11.0. The smallest absolute Gasteiger partial charge is 0.243 e. The van der Waals surface area contributed by atoms with Crippen LogP contribution in [-0.2, 0) is 14.8 Å². The summed E-state index contributed by atoms with van der Waals surface area (Å²) in [4.78, 5) is 24.2. The zero-order valence-corrected chi connectivity index (χ0v) is 18.3. The van der Waals surface area contributed by atoms with Crippen LogP contribution < -0.4 is 5.32 Å². The van der Waals surface area contributed by atoms with Crippen LogP contribution in [0.2, 0.25) is 0 Å². The first-order valence-corrected chi connectivity index (χ1v) is 11.0. The molecule has 2 rings (SSSR count). The Hall–Kier alpha value is -2.51. The van der Waals surface area contributed by atoms with Gasteiger partial charge in [0, 0.05) is 17.3 Å². The van der Waals surface area contributed by atoms with E-state index in [0.717, 1.165) is 11.1 Å². The van der Waals surface area contributed by atoms with E-state index < -0.39 is 15.9 Å². The van der Waals surface area contributed by atoms with Crippen molar-refractivity contribution in [1.82, 2.24) is 4.31 Å². The lowest BCUT2D eigenvalue weighted by molar-refractivity contribution is -0.116. The van der Waals surface area contributed by atoms with Gasteiger partial charge in [-0.1, -0.05) is 31.2 Å². The normalized spacial score (nSPS) is 12.6. The van der Waals surface area contributed by atoms with Crippen LogP contribution in [0.1, 0.15) is 48.7 Å². The Morgan fingerprint density at radius 3 is 2.24 bits per heavy atom. The van der Waals surface area contributed by atoms with Gasteiger partial charge < -0.3 is 5.32 Å². The number of amides is 1. The SMILES string of the molecule is CCC(C)N(CC(=O)Nc1cccc(C)c1C)S(=O)(=O)c1ccc(C(C)=O)cc1. The van der Waals surface area contributed by atoms with Crippen molar-refractivity contribution in [2.75, 3.05) is 11.9 Å². The number of sulfonamides is 1. The molecule has 7 heteroatoms. The van der Waals surface area contributed by atoms with Gasteiger partial charge in [-0.05, 0) is 63.4 Å². The molecule has 0 saturated heterocycles. The first kappa shape index (κ1) is 22.8. The van der Waals surface area contributed by atoms with Crippen molar-refractivity contribution in [2.45, 2.75) is 52.0 Å². The molecular formula is C22H28N2O4S. The number of carbonyl (C=O) groups is 2. The minimum absolute atomic E-state index is 0.0577. The number of benzene rings is 2. The predicted molar refractivity (Wildman–Crippen MR) is 115 cm³/mol. The zero-order valence-electron chi connectivity index (χ0n) is 17.5. The van der Waals surface area contributed by atoms with Crippen LogP contribution in [-0.4, -0.2) is 37.0 Å². The second-order valence-electron chi connectivity index (χ2n) is 7.18. The molecule has 6 nitrogen and oxygen atoms in total. The molecule has 156 valence electrons. The molecule has 0 heterocycles. The summed E-state index contributed by atoms with van der Waals surface area (Å²) in [5.41, 5.74) is 3.09. The molecule has 0 aliphatic carbocycles. The van der Waals surface area contributed by atoms with Gasteiger partial charge in [0.1, 0.15) is 0 Å². The fraction of sp³-hybridized carbons (Fsp3) is 0.364. The second kappa shape index (κ2) is 9.33. The van der Waals surface area contributed by atoms with Gasteiger partial charge in [-0.2, -0.15) is 4.31 Å². The van der Waals surface area contributed by atoms with Crippen molar-refractivity contribution in [3.05, 3.63) is 59.2 Å². The number of rotatable bonds is 8. The molecule has 0 fully saturated rings. The Morgan fingerprint density at radius 1 is 1.07 bits per heavy atom. The molecule has 1 unspecified atom stereocenters. The van der Waals surface area contributed by atoms with E-state index in [4.69, 9.17) is 0 Å². The molecule has 1 atom stereocenters. The van der Waals surface area contributed by atoms with Crippen LogP contribution in [0.15, 0.2) is 47.4 Å². The molecule has 29 heavy (non-hydrogen) atoms. The second-order valence-corrected chi connectivity index (χ2v) is 9.07. The monoisotopic (exact) mass is 416 g/mol. The zero-order chi connectivity index (χ0) is 21.8. The van der Waals surface area contributed by atoms with E-state index in [-0.39, 0.29) is 23.3 Å². The molecule has 0 spiro atoms. The molecular weight excluding hydrogens is 388 g/mol. The van der Waals surface area contributed by atoms with Crippen molar-refractivity contribution < 1.29 is 18.0 Å². The Kier molecular flexibility index (Phi) is 7.32. The number of hydrogen-bond acceptors (Lipinski definition) is 4. The van der Waals surface area contributed by atoms with E-state index in [1.54, 1.807) is 13.0 Å². The molecule has 0 aliphatic rings. The average Bonchev–Trinajstić information content (AvgIpc) is 2.69. The van der Waals surface area contributed by atoms with E-state index >= 15 is 0 Å². The minimum atomic E-state index is -3.90. The molecule has 0 aromatic heterocycles. The highest BCUT2D eigenvalue weighted by atomic mass is 32.2. The largest absolute Gasteiger partial charge is 0.325 e. The van der Waals surface area contributed by atoms with Crippen molar-refractivity contribution >= 4 is 27.4 Å². The highest BCUT2D eigenvalue weighted by molar-refractivity contribution is 7.89. The highest BCUT2D eigenvalue weighted by Gasteiger charge is 2.30. The third kappa shape index (κ3) is 5.31. The van der Waals surface area contributed by atoms with E-state index in [1.165, 1.54) is 35.5 Å². The predicted octanol–water partition coefficient (Wildman–Crippen LogP) is 3.93. The van der Waals surface area contributed by atoms with Crippen LogP contribution in [0.5, 0.6) is 0 Å². The van der Waals surface area contributed by atoms with E-state index in [9.17, 15) is 18.0 Å². The maximum atomic E-state index is 13.2. The van der Waals surface area contributed by atoms with Gasteiger partial charge in [0.05, 0.1) is 11.4 Å². The number of ketones is 1. The maximum Gasteiger partial charge on any atom is 0.243 e. The molecule has 0 bridgehead atoms. The van der Waals surface area contributed by atoms with Crippen molar-refractivity contribution in [2.24, 2.45) is 0 Å². The van der Waals surface area contributed by atoms with Gasteiger partial charge in [0.15, 0.2) is 5.78 Å². The third-order valence-corrected chi connectivity index (χ3v) is 7.10. The summed E-state index contributed by atoms with van der Waals surface area (Å²) in [5, 5.41) is 2.82. The fourth-order valence-electron chi connectivity index (χ4n) is 2.90. The van der Waals surface area contributed by atoms with Crippen LogP contribution in [0.4, 0.5) is 5.69 Å². The lowest BCUT2D eigenvalue weighted by Gasteiger charge is -2.27. The Labute approximate surface area is 173 Å². The number of aryl methyl sites for hydroxylation is 1. The van der Waals surface area contributed by atoms with Crippen LogP contribution in [0, 0.1) is 13.8 Å². The lowest BCUT2D eigenvalue weighted by atomic mass is 10.1. The summed E-state index contributed by atoms with van der Waals surface area (Å²) in [7, 11) is -3.90. The van der Waals surface area contributed by atoms with Crippen molar-refractivity contribution in [3.8, 4) is 0 Å². The fourth-order valence-corrected chi connectivity index (χ4v) is 4.56. The van der Waals surface area contributed by atoms with Crippen LogP contribution in [0.25, 0.3) is 0 Å². The summed E-state index contributed by atoms with van der Waals surface area (Å²) in [6.45, 7) is 8.63. The number of hydrogen-bond donors (Lipinski definition) is 1. The Balaban J connectivity index is 2.29. The average molecular weight is 417 g/mol. The molecule has 0 aliphatic heterocycles. The molecule has 2 aromatic rings. The molecule has 1 amide bonds. The summed E-state index contributed by atoms with van der Waals surface area (Å²) >= 11 is 0. The van der Waals surface area contributed by atoms with E-state index in [0.29, 0.717) is 17.7 Å². The molecule has 0 radical (unpaired) electrons. The molecule has 0 saturated carbocycles. The molecule has 1 N–H and O–H groups in total. The van der Waals surface area contributed by atoms with Gasteiger partial charge in [-0.25, -0.2) is 8.42 Å². The standard InChI is InChI=1S/C22H28N2O4S/c1-6-16(3)24(14-22(26)23-21-9-7-8-15(2)17(21)4)29(27,28)20-12-10-19(11-13-20)18(5)25/h7-13,16H,6,14H2,1-5H3,(H,23,26). The van der Waals surface area contributed by atoms with Crippen molar-refractivity contribution in [3.63, 3.8) is 0 Å². The van der Waals surface area contributed by atoms with Crippen LogP contribution >= 0.6 is 0 Å². The summed E-state index contributed by atoms with van der Waals surface area (Å²) < 4.78 is 27.6. The number of carbonyl (C=O) groups excluding carboxylic acids is 2. The maximum absolute atomic E-state index is 13.2. The minimum Gasteiger partial charge on any atom is -0.325 e. The highest BCUT2D eigenvalue weighted by Crippen LogP contribution is 2.22. The third-order valence-electron chi connectivity index (χ3n) is 5.13. The number of nitrogens with zero attached hydrogens (tertiary/aromatic N) is 1. The van der Waals surface area contributed by atoms with Gasteiger partial charge in [-0.15, -0.1) is 0 Å². The number of Topliss-reactive ketones (excluding diaryl/α,β-unsaturated/α-hetero) is 1. The first-order valence-electron chi connectivity index (χ1n) is 9.56. The quantitative estimate of drug-likeness (QED) is 0.661. The van der Waals surface area contributed by atoms with Gasteiger partial charge in [0.25, 0.3) is 0 Å². The molecule has 2 aromatic carbocycles. The Morgan fingerprint density at radius 2 is 1.69 bits per heavy atom. The summed E-state index contributed by atoms with van der Waals surface area (Å²) in [6.07, 6.45) is 0.557. The number of nitrogens with one attached hydrogen (secondary N) is 1. The van der Waals surface area contributed by atoms with Crippen molar-refractivity contribution in [1.29, 1.82) is 0 Å². The van der Waals surface area contributed by atoms with Crippen LogP contribution in [0.3, 0.4) is 0 Å². The lowest BCUT2D eigenvalue weighted by Crippen LogP contribution is -2.43. The number of anilines is 1. The van der Waals surface area contributed by atoms with E-state index in [2.05, 4.69) is 5.32 Å². The van der Waals surface area contributed by atoms with Gasteiger partial charge >= 0.3 is 0 Å². The summed E-state index contributed by atoms with van der Waals surface area (Å²) in [5.74, 6) is -0.538. The van der Waals surface area contributed by atoms with Gasteiger partial charge in [-0.3, -0.25) is 9.59 Å². The van der Waals surface area contributed by atoms with E-state index in [1.807, 2.05) is 32.9 Å². The van der Waals surface area contributed by atoms with Gasteiger partial charge in [0.2, 0.25) is 15.9 Å². The Bertz CT molecular complexity index is 998. The first-order chi connectivity index (χ1) is 13.6.